The minimum Gasteiger partial charge on any atom is -0.389 e. The van der Waals surface area contributed by atoms with Gasteiger partial charge in [0.05, 0.1) is 5.56 Å². The third-order valence-electron chi connectivity index (χ3n) is 2.21. The van der Waals surface area contributed by atoms with Crippen molar-refractivity contribution in [1.29, 1.82) is 0 Å². The van der Waals surface area contributed by atoms with Crippen LogP contribution in [0.15, 0.2) is 34.9 Å². The Kier molecular flexibility index (Phi) is 3.07. The van der Waals surface area contributed by atoms with E-state index in [2.05, 4.69) is 21.0 Å². The molecule has 0 atom stereocenters. The van der Waals surface area contributed by atoms with Gasteiger partial charge in [-0.15, -0.1) is 0 Å². The number of nitrogens with two attached hydrogens (primary N) is 1. The monoisotopic (exact) mass is 295 g/mol. The van der Waals surface area contributed by atoms with Gasteiger partial charge in [-0.25, -0.2) is 0 Å². The predicted molar refractivity (Wildman–Crippen MR) is 72.2 cm³/mol. The maximum Gasteiger partial charge on any atom is 0.107 e. The van der Waals surface area contributed by atoms with Gasteiger partial charge < -0.3 is 5.73 Å². The first-order valence-corrected chi connectivity index (χ1v) is 5.87. The van der Waals surface area contributed by atoms with E-state index >= 15 is 0 Å². The lowest BCUT2D eigenvalue weighted by molar-refractivity contribution is 0.771. The number of aryl methyl sites for hydroxylation is 1. The van der Waals surface area contributed by atoms with Crippen LogP contribution < -0.4 is 5.73 Å². The summed E-state index contributed by atoms with van der Waals surface area (Å²) in [6.45, 7) is 0. The van der Waals surface area contributed by atoms with Crippen molar-refractivity contribution in [3.05, 3.63) is 40.5 Å². The van der Waals surface area contributed by atoms with Crippen LogP contribution in [0.2, 0.25) is 0 Å². The van der Waals surface area contributed by atoms with Crippen LogP contribution in [0.1, 0.15) is 5.56 Å². The first-order valence-electron chi connectivity index (χ1n) is 4.67. The minimum atomic E-state index is 0.367. The highest BCUT2D eigenvalue weighted by Crippen LogP contribution is 2.23. The Labute approximate surface area is 107 Å². The second-order valence-corrected chi connectivity index (χ2v) is 4.79. The molecule has 2 aromatic rings. The molecule has 0 aliphatic rings. The molecule has 0 aliphatic heterocycles. The third kappa shape index (κ3) is 2.15. The summed E-state index contributed by atoms with van der Waals surface area (Å²) in [5.74, 6) is 0. The lowest BCUT2D eigenvalue weighted by Crippen LogP contribution is -2.09. The second-order valence-electron chi connectivity index (χ2n) is 3.44. The molecule has 0 saturated carbocycles. The van der Waals surface area contributed by atoms with E-state index < -0.39 is 0 Å². The summed E-state index contributed by atoms with van der Waals surface area (Å²) in [4.78, 5) is 0.367. The van der Waals surface area contributed by atoms with Gasteiger partial charge in [-0.05, 0) is 12.1 Å². The highest BCUT2D eigenvalue weighted by Gasteiger charge is 2.11. The molecule has 3 nitrogen and oxygen atoms in total. The molecule has 1 aromatic heterocycles. The predicted octanol–water partition coefficient (Wildman–Crippen LogP) is 2.48. The van der Waals surface area contributed by atoms with Crippen LogP contribution >= 0.6 is 28.1 Å². The fourth-order valence-corrected chi connectivity index (χ4v) is 1.90. The second kappa shape index (κ2) is 4.35. The number of hydrogen-bond acceptors (Lipinski definition) is 2. The van der Waals surface area contributed by atoms with E-state index in [-0.39, 0.29) is 0 Å². The summed E-state index contributed by atoms with van der Waals surface area (Å²) in [6, 6.07) is 7.89. The Balaban J connectivity index is 2.55. The summed E-state index contributed by atoms with van der Waals surface area (Å²) >= 11 is 8.40. The summed E-state index contributed by atoms with van der Waals surface area (Å²) < 4.78 is 2.75. The van der Waals surface area contributed by atoms with Gasteiger partial charge in [0.1, 0.15) is 10.7 Å². The van der Waals surface area contributed by atoms with Gasteiger partial charge in [-0.3, -0.25) is 4.68 Å². The topological polar surface area (TPSA) is 43.8 Å². The highest BCUT2D eigenvalue weighted by molar-refractivity contribution is 9.10. The molecular formula is C11H10BrN3S. The van der Waals surface area contributed by atoms with E-state index in [9.17, 15) is 0 Å². The van der Waals surface area contributed by atoms with Crippen molar-refractivity contribution in [1.82, 2.24) is 9.78 Å². The van der Waals surface area contributed by atoms with Gasteiger partial charge in [-0.1, -0.05) is 40.3 Å². The smallest absolute Gasteiger partial charge is 0.107 e. The quantitative estimate of drug-likeness (QED) is 0.866. The Bertz CT molecular complexity index is 531. The maximum atomic E-state index is 5.66. The van der Waals surface area contributed by atoms with Crippen molar-refractivity contribution < 1.29 is 0 Å². The molecule has 2 N–H and O–H groups in total. The van der Waals surface area contributed by atoms with Crippen molar-refractivity contribution in [3.8, 4) is 11.3 Å². The number of benzene rings is 1. The van der Waals surface area contributed by atoms with Crippen molar-refractivity contribution in [3.63, 3.8) is 0 Å². The summed E-state index contributed by atoms with van der Waals surface area (Å²) in [5.41, 5.74) is 8.30. The first-order chi connectivity index (χ1) is 7.58. The number of hydrogen-bond donors (Lipinski definition) is 1. The van der Waals surface area contributed by atoms with Gasteiger partial charge in [0.15, 0.2) is 0 Å². The van der Waals surface area contributed by atoms with Crippen LogP contribution in [-0.4, -0.2) is 14.8 Å². The van der Waals surface area contributed by atoms with E-state index in [4.69, 9.17) is 18.0 Å². The van der Waals surface area contributed by atoms with E-state index in [1.165, 1.54) is 0 Å². The van der Waals surface area contributed by atoms with Crippen LogP contribution in [0.5, 0.6) is 0 Å². The van der Waals surface area contributed by atoms with Crippen molar-refractivity contribution >= 4 is 33.1 Å². The molecular weight excluding hydrogens is 286 g/mol. The van der Waals surface area contributed by atoms with Crippen molar-refractivity contribution in [2.45, 2.75) is 0 Å². The van der Waals surface area contributed by atoms with E-state index in [1.807, 2.05) is 37.5 Å². The summed E-state index contributed by atoms with van der Waals surface area (Å²) in [5, 5.41) is 4.37. The molecule has 2 rings (SSSR count). The molecule has 0 aliphatic carbocycles. The molecule has 1 aromatic carbocycles. The average Bonchev–Trinajstić information content (AvgIpc) is 2.61. The van der Waals surface area contributed by atoms with Gasteiger partial charge in [0.2, 0.25) is 0 Å². The Morgan fingerprint density at radius 3 is 2.56 bits per heavy atom. The summed E-state index contributed by atoms with van der Waals surface area (Å²) in [7, 11) is 1.85. The fourth-order valence-electron chi connectivity index (χ4n) is 1.49. The number of aromatic nitrogens is 2. The molecule has 0 amide bonds. The van der Waals surface area contributed by atoms with Gasteiger partial charge in [-0.2, -0.15) is 5.10 Å². The van der Waals surface area contributed by atoms with Crippen LogP contribution in [0, 0.1) is 0 Å². The Morgan fingerprint density at radius 2 is 2.00 bits per heavy atom. The fraction of sp³-hybridized carbons (Fsp3) is 0.0909. The van der Waals surface area contributed by atoms with E-state index in [1.54, 1.807) is 4.68 Å². The Hall–Kier alpha value is -1.20. The normalized spacial score (nSPS) is 10.4. The lowest BCUT2D eigenvalue weighted by Gasteiger charge is -2.00. The first kappa shape index (κ1) is 11.3. The van der Waals surface area contributed by atoms with Crippen LogP contribution in [0.3, 0.4) is 0 Å². The van der Waals surface area contributed by atoms with Gasteiger partial charge in [0, 0.05) is 23.3 Å². The molecule has 0 radical (unpaired) electrons. The van der Waals surface area contributed by atoms with Crippen LogP contribution in [-0.2, 0) is 7.05 Å². The molecule has 0 spiro atoms. The zero-order valence-electron chi connectivity index (χ0n) is 8.64. The molecule has 0 unspecified atom stereocenters. The molecule has 16 heavy (non-hydrogen) atoms. The molecule has 0 saturated heterocycles. The number of halogens is 1. The van der Waals surface area contributed by atoms with Crippen LogP contribution in [0.4, 0.5) is 0 Å². The Morgan fingerprint density at radius 1 is 1.38 bits per heavy atom. The number of thiocarbonyl (C=S) groups is 1. The number of rotatable bonds is 2. The summed E-state index contributed by atoms with van der Waals surface area (Å²) in [6.07, 6.45) is 1.83. The van der Waals surface area contributed by atoms with Gasteiger partial charge in [0.25, 0.3) is 0 Å². The minimum absolute atomic E-state index is 0.367. The SMILES string of the molecule is Cn1cc(C(N)=S)c(-c2ccc(Br)cc2)n1. The maximum absolute atomic E-state index is 5.66. The van der Waals surface area contributed by atoms with Gasteiger partial charge >= 0.3 is 0 Å². The zero-order valence-corrected chi connectivity index (χ0v) is 11.0. The van der Waals surface area contributed by atoms with E-state index in [0.29, 0.717) is 4.99 Å². The van der Waals surface area contributed by atoms with E-state index in [0.717, 1.165) is 21.3 Å². The molecule has 1 heterocycles. The average molecular weight is 296 g/mol. The largest absolute Gasteiger partial charge is 0.389 e. The molecule has 0 bridgehead atoms. The molecule has 5 heteroatoms. The molecule has 82 valence electrons. The number of nitrogens with zero attached hydrogens (tertiary/aromatic N) is 2. The highest BCUT2D eigenvalue weighted by atomic mass is 79.9. The zero-order chi connectivity index (χ0) is 11.7. The van der Waals surface area contributed by atoms with Crippen molar-refractivity contribution in [2.75, 3.05) is 0 Å². The standard InChI is InChI=1S/C11H10BrN3S/c1-15-6-9(11(13)16)10(14-15)7-2-4-8(12)5-3-7/h2-6H,1H3,(H2,13,16). The van der Waals surface area contributed by atoms with Crippen molar-refractivity contribution in [2.24, 2.45) is 12.8 Å². The van der Waals surface area contributed by atoms with Crippen LogP contribution in [0.25, 0.3) is 11.3 Å². The lowest BCUT2D eigenvalue weighted by atomic mass is 10.1. The molecule has 0 fully saturated rings. The third-order valence-corrected chi connectivity index (χ3v) is 2.96.